The molecule has 3 rings (SSSR count). The molecule has 4 nitrogen and oxygen atoms in total. The summed E-state index contributed by atoms with van der Waals surface area (Å²) < 4.78 is 0. The highest BCUT2D eigenvalue weighted by Gasteiger charge is 2.34. The van der Waals surface area contributed by atoms with E-state index in [1.165, 1.54) is 32.2 Å². The third-order valence-corrected chi connectivity index (χ3v) is 3.50. The Balaban J connectivity index is 1.62. The molecule has 2 aliphatic heterocycles. The predicted molar refractivity (Wildman–Crippen MR) is 61.1 cm³/mol. The van der Waals surface area contributed by atoms with Crippen LogP contribution in [0, 0.1) is 0 Å². The van der Waals surface area contributed by atoms with Crippen molar-refractivity contribution in [3.63, 3.8) is 0 Å². The zero-order valence-corrected chi connectivity index (χ0v) is 9.21. The van der Waals surface area contributed by atoms with Gasteiger partial charge in [-0.3, -0.25) is 4.99 Å². The second-order valence-electron chi connectivity index (χ2n) is 4.81. The van der Waals surface area contributed by atoms with Crippen LogP contribution in [0.1, 0.15) is 25.7 Å². The Hall–Kier alpha value is -0.770. The second kappa shape index (κ2) is 4.00. The molecule has 1 saturated carbocycles. The molecule has 0 radical (unpaired) electrons. The van der Waals surface area contributed by atoms with E-state index in [2.05, 4.69) is 20.5 Å². The maximum absolute atomic E-state index is 4.54. The molecule has 15 heavy (non-hydrogen) atoms. The Morgan fingerprint density at radius 2 is 2.20 bits per heavy atom. The van der Waals surface area contributed by atoms with Gasteiger partial charge in [0.1, 0.15) is 0 Å². The molecule has 2 heterocycles. The maximum atomic E-state index is 4.54. The van der Waals surface area contributed by atoms with Crippen LogP contribution in [0.2, 0.25) is 0 Å². The summed E-state index contributed by atoms with van der Waals surface area (Å²) in [5.41, 5.74) is 0. The van der Waals surface area contributed by atoms with Crippen molar-refractivity contribution in [1.29, 1.82) is 0 Å². The summed E-state index contributed by atoms with van der Waals surface area (Å²) in [4.78, 5) is 7.04. The van der Waals surface area contributed by atoms with Crippen LogP contribution in [-0.4, -0.2) is 49.1 Å². The molecule has 0 bridgehead atoms. The summed E-state index contributed by atoms with van der Waals surface area (Å²) in [5, 5.41) is 6.97. The molecule has 2 N–H and O–H groups in total. The van der Waals surface area contributed by atoms with Gasteiger partial charge in [-0.25, -0.2) is 0 Å². The monoisotopic (exact) mass is 208 g/mol. The van der Waals surface area contributed by atoms with Crippen LogP contribution in [0.15, 0.2) is 4.99 Å². The summed E-state index contributed by atoms with van der Waals surface area (Å²) in [5.74, 6) is 1.16. The first-order valence-corrected chi connectivity index (χ1v) is 6.22. The Bertz CT molecular complexity index is 253. The van der Waals surface area contributed by atoms with E-state index in [1.807, 2.05) is 0 Å². The molecular weight excluding hydrogens is 188 g/mol. The Morgan fingerprint density at radius 1 is 1.27 bits per heavy atom. The Kier molecular flexibility index (Phi) is 2.52. The summed E-state index contributed by atoms with van der Waals surface area (Å²) in [6, 6.07) is 1.47. The van der Waals surface area contributed by atoms with Crippen LogP contribution >= 0.6 is 0 Å². The fourth-order valence-corrected chi connectivity index (χ4v) is 2.52. The van der Waals surface area contributed by atoms with Gasteiger partial charge < -0.3 is 15.5 Å². The van der Waals surface area contributed by atoms with Gasteiger partial charge in [-0.15, -0.1) is 0 Å². The van der Waals surface area contributed by atoms with E-state index in [0.717, 1.165) is 31.6 Å². The van der Waals surface area contributed by atoms with Crippen molar-refractivity contribution in [1.82, 2.24) is 15.5 Å². The van der Waals surface area contributed by atoms with Gasteiger partial charge in [-0.05, 0) is 32.2 Å². The molecule has 0 aromatic carbocycles. The first kappa shape index (κ1) is 9.46. The SMILES string of the molecule is C1CNC(CN(C2=NCCN2)C2CC2)C1. The molecule has 0 aromatic rings. The van der Waals surface area contributed by atoms with Crippen LogP contribution in [-0.2, 0) is 0 Å². The molecule has 1 saturated heterocycles. The van der Waals surface area contributed by atoms with Gasteiger partial charge in [0.25, 0.3) is 0 Å². The van der Waals surface area contributed by atoms with Gasteiger partial charge >= 0.3 is 0 Å². The third-order valence-electron chi connectivity index (χ3n) is 3.50. The summed E-state index contributed by atoms with van der Waals surface area (Å²) in [6.45, 7) is 4.33. The predicted octanol–water partition coefficient (Wildman–Crippen LogP) is 0.162. The molecule has 0 spiro atoms. The zero-order chi connectivity index (χ0) is 10.1. The highest BCUT2D eigenvalue weighted by molar-refractivity contribution is 5.82. The standard InChI is InChI=1S/C11H20N4/c1-2-9(12-5-1)8-15(10-3-4-10)11-13-6-7-14-11/h9-10,12H,1-8H2,(H,13,14). The van der Waals surface area contributed by atoms with Gasteiger partial charge in [0.2, 0.25) is 0 Å². The molecule has 1 aliphatic carbocycles. The average Bonchev–Trinajstić information content (AvgIpc) is 2.78. The van der Waals surface area contributed by atoms with Crippen LogP contribution in [0.5, 0.6) is 0 Å². The van der Waals surface area contributed by atoms with Crippen molar-refractivity contribution in [3.8, 4) is 0 Å². The third kappa shape index (κ3) is 2.09. The molecule has 0 aromatic heterocycles. The normalized spacial score (nSPS) is 30.1. The minimum Gasteiger partial charge on any atom is -0.354 e. The number of nitrogens with one attached hydrogen (secondary N) is 2. The molecular formula is C11H20N4. The zero-order valence-electron chi connectivity index (χ0n) is 9.21. The first-order chi connectivity index (χ1) is 7.43. The highest BCUT2D eigenvalue weighted by Crippen LogP contribution is 2.28. The van der Waals surface area contributed by atoms with Gasteiger partial charge in [-0.2, -0.15) is 0 Å². The Morgan fingerprint density at radius 3 is 2.80 bits per heavy atom. The lowest BCUT2D eigenvalue weighted by Crippen LogP contribution is -2.46. The number of nitrogens with zero attached hydrogens (tertiary/aromatic N) is 2. The average molecular weight is 208 g/mol. The quantitative estimate of drug-likeness (QED) is 0.694. The molecule has 1 unspecified atom stereocenters. The van der Waals surface area contributed by atoms with E-state index in [4.69, 9.17) is 0 Å². The summed E-state index contributed by atoms with van der Waals surface area (Å²) in [6.07, 6.45) is 5.38. The molecule has 2 fully saturated rings. The highest BCUT2D eigenvalue weighted by atomic mass is 15.4. The smallest absolute Gasteiger partial charge is 0.194 e. The minimum atomic E-state index is 0.690. The van der Waals surface area contributed by atoms with E-state index >= 15 is 0 Å². The molecule has 4 heteroatoms. The topological polar surface area (TPSA) is 39.7 Å². The fourth-order valence-electron chi connectivity index (χ4n) is 2.52. The van der Waals surface area contributed by atoms with Crippen molar-refractivity contribution < 1.29 is 0 Å². The van der Waals surface area contributed by atoms with Gasteiger partial charge in [-0.1, -0.05) is 0 Å². The lowest BCUT2D eigenvalue weighted by molar-refractivity contribution is 0.353. The Labute approximate surface area is 91.1 Å². The van der Waals surface area contributed by atoms with E-state index in [0.29, 0.717) is 6.04 Å². The summed E-state index contributed by atoms with van der Waals surface area (Å²) in [7, 11) is 0. The second-order valence-corrected chi connectivity index (χ2v) is 4.81. The van der Waals surface area contributed by atoms with E-state index in [-0.39, 0.29) is 0 Å². The fraction of sp³-hybridized carbons (Fsp3) is 0.909. The number of rotatable bonds is 3. The van der Waals surface area contributed by atoms with E-state index < -0.39 is 0 Å². The van der Waals surface area contributed by atoms with E-state index in [9.17, 15) is 0 Å². The van der Waals surface area contributed by atoms with Crippen LogP contribution in [0.4, 0.5) is 0 Å². The molecule has 3 aliphatic rings. The van der Waals surface area contributed by atoms with Gasteiger partial charge in [0.15, 0.2) is 5.96 Å². The van der Waals surface area contributed by atoms with E-state index in [1.54, 1.807) is 0 Å². The number of guanidine groups is 1. The van der Waals surface area contributed by atoms with Crippen molar-refractivity contribution >= 4 is 5.96 Å². The van der Waals surface area contributed by atoms with Crippen molar-refractivity contribution in [2.45, 2.75) is 37.8 Å². The number of aliphatic imine (C=N–C) groups is 1. The minimum absolute atomic E-state index is 0.690. The van der Waals surface area contributed by atoms with Gasteiger partial charge in [0.05, 0.1) is 6.54 Å². The summed E-state index contributed by atoms with van der Waals surface area (Å²) >= 11 is 0. The van der Waals surface area contributed by atoms with Crippen LogP contribution in [0.25, 0.3) is 0 Å². The number of hydrogen-bond donors (Lipinski definition) is 2. The van der Waals surface area contributed by atoms with Crippen molar-refractivity contribution in [2.75, 3.05) is 26.2 Å². The lowest BCUT2D eigenvalue weighted by atomic mass is 10.2. The first-order valence-electron chi connectivity index (χ1n) is 6.22. The van der Waals surface area contributed by atoms with Crippen molar-refractivity contribution in [3.05, 3.63) is 0 Å². The molecule has 1 atom stereocenters. The molecule has 84 valence electrons. The van der Waals surface area contributed by atoms with Crippen molar-refractivity contribution in [2.24, 2.45) is 4.99 Å². The van der Waals surface area contributed by atoms with Gasteiger partial charge in [0, 0.05) is 25.2 Å². The maximum Gasteiger partial charge on any atom is 0.194 e. The lowest BCUT2D eigenvalue weighted by Gasteiger charge is -2.27. The number of hydrogen-bond acceptors (Lipinski definition) is 4. The van der Waals surface area contributed by atoms with Crippen LogP contribution < -0.4 is 10.6 Å². The largest absolute Gasteiger partial charge is 0.354 e. The molecule has 0 amide bonds. The van der Waals surface area contributed by atoms with Crippen LogP contribution in [0.3, 0.4) is 0 Å².